The Labute approximate surface area is 129 Å². The molecule has 108 valence electrons. The molecule has 21 heavy (non-hydrogen) atoms. The number of halogens is 2. The molecular formula is C13H11Cl2N5O. The smallest absolute Gasteiger partial charge is 0.267 e. The van der Waals surface area contributed by atoms with Crippen molar-refractivity contribution in [2.45, 2.75) is 13.0 Å². The molecule has 0 aliphatic heterocycles. The summed E-state index contributed by atoms with van der Waals surface area (Å²) in [6.07, 6.45) is 3.10. The van der Waals surface area contributed by atoms with Crippen LogP contribution in [0.25, 0.3) is 16.6 Å². The predicted molar refractivity (Wildman–Crippen MR) is 82.1 cm³/mol. The summed E-state index contributed by atoms with van der Waals surface area (Å²) < 4.78 is 1.39. The van der Waals surface area contributed by atoms with Crippen molar-refractivity contribution in [3.63, 3.8) is 0 Å². The van der Waals surface area contributed by atoms with Crippen molar-refractivity contribution in [1.82, 2.24) is 19.7 Å². The quantitative estimate of drug-likeness (QED) is 0.757. The molecular weight excluding hydrogens is 313 g/mol. The van der Waals surface area contributed by atoms with Crippen LogP contribution >= 0.6 is 23.2 Å². The second-order valence-corrected chi connectivity index (χ2v) is 5.42. The van der Waals surface area contributed by atoms with Gasteiger partial charge in [-0.3, -0.25) is 14.5 Å². The standard InChI is InChI=1S/C13H11Cl2N5O/c1-6(16)12-19-11-9(15)3-2-8(14)10(11)13(21)20(12)7-4-17-18-5-7/h2-6H,16H2,1H3,(H,17,18)/t6-/m0/s1. The number of nitrogens with zero attached hydrogens (tertiary/aromatic N) is 3. The zero-order valence-corrected chi connectivity index (χ0v) is 12.5. The molecule has 3 N–H and O–H groups in total. The summed E-state index contributed by atoms with van der Waals surface area (Å²) in [5, 5.41) is 7.41. The van der Waals surface area contributed by atoms with Crippen LogP contribution in [0.1, 0.15) is 18.8 Å². The van der Waals surface area contributed by atoms with Gasteiger partial charge in [0, 0.05) is 6.20 Å². The topological polar surface area (TPSA) is 89.6 Å². The minimum Gasteiger partial charge on any atom is -0.322 e. The molecule has 8 heteroatoms. The van der Waals surface area contributed by atoms with E-state index in [0.717, 1.165) is 0 Å². The number of aromatic nitrogens is 4. The van der Waals surface area contributed by atoms with Crippen molar-refractivity contribution in [2.75, 3.05) is 0 Å². The molecule has 0 unspecified atom stereocenters. The third-order valence-electron chi connectivity index (χ3n) is 3.10. The average Bonchev–Trinajstić information content (AvgIpc) is 2.95. The Bertz CT molecular complexity index is 870. The molecule has 0 aliphatic rings. The van der Waals surface area contributed by atoms with E-state index >= 15 is 0 Å². The molecule has 3 aromatic rings. The Morgan fingerprint density at radius 1 is 1.33 bits per heavy atom. The molecule has 1 atom stereocenters. The molecule has 0 saturated carbocycles. The van der Waals surface area contributed by atoms with Gasteiger partial charge in [-0.1, -0.05) is 23.2 Å². The lowest BCUT2D eigenvalue weighted by atomic mass is 10.2. The maximum Gasteiger partial charge on any atom is 0.267 e. The van der Waals surface area contributed by atoms with E-state index in [-0.39, 0.29) is 10.9 Å². The number of nitrogens with one attached hydrogen (secondary N) is 1. The molecule has 0 saturated heterocycles. The summed E-state index contributed by atoms with van der Waals surface area (Å²) in [5.74, 6) is 0.387. The number of aromatic amines is 1. The van der Waals surface area contributed by atoms with Gasteiger partial charge in [0.05, 0.1) is 38.9 Å². The molecule has 2 aromatic heterocycles. The average molecular weight is 324 g/mol. The van der Waals surface area contributed by atoms with Crippen molar-refractivity contribution in [1.29, 1.82) is 0 Å². The van der Waals surface area contributed by atoms with Crippen molar-refractivity contribution in [2.24, 2.45) is 5.73 Å². The molecule has 6 nitrogen and oxygen atoms in total. The van der Waals surface area contributed by atoms with Crippen molar-refractivity contribution >= 4 is 34.1 Å². The van der Waals surface area contributed by atoms with Crippen LogP contribution in [0.3, 0.4) is 0 Å². The third kappa shape index (κ3) is 2.21. The summed E-state index contributed by atoms with van der Waals surface area (Å²) in [6.45, 7) is 1.74. The zero-order chi connectivity index (χ0) is 15.1. The largest absolute Gasteiger partial charge is 0.322 e. The van der Waals surface area contributed by atoms with Gasteiger partial charge in [-0.25, -0.2) is 4.98 Å². The molecule has 0 fully saturated rings. The van der Waals surface area contributed by atoms with Crippen LogP contribution < -0.4 is 11.3 Å². The van der Waals surface area contributed by atoms with Crippen LogP contribution in [0.5, 0.6) is 0 Å². The first-order valence-electron chi connectivity index (χ1n) is 6.16. The lowest BCUT2D eigenvalue weighted by Crippen LogP contribution is -2.27. The van der Waals surface area contributed by atoms with Crippen molar-refractivity contribution in [3.8, 4) is 5.69 Å². The summed E-state index contributed by atoms with van der Waals surface area (Å²) >= 11 is 12.3. The second kappa shape index (κ2) is 5.14. The fraction of sp³-hybridized carbons (Fsp3) is 0.154. The molecule has 0 spiro atoms. The minimum absolute atomic E-state index is 0.259. The van der Waals surface area contributed by atoms with Gasteiger partial charge in [0.2, 0.25) is 0 Å². The van der Waals surface area contributed by atoms with E-state index < -0.39 is 6.04 Å². The third-order valence-corrected chi connectivity index (χ3v) is 3.72. The van der Waals surface area contributed by atoms with Crippen LogP contribution in [-0.2, 0) is 0 Å². The van der Waals surface area contributed by atoms with Crippen LogP contribution in [0.15, 0.2) is 29.3 Å². The molecule has 3 rings (SSSR count). The highest BCUT2D eigenvalue weighted by Crippen LogP contribution is 2.27. The number of hydrogen-bond acceptors (Lipinski definition) is 4. The number of hydrogen-bond donors (Lipinski definition) is 2. The predicted octanol–water partition coefficient (Wildman–Crippen LogP) is 2.44. The van der Waals surface area contributed by atoms with E-state index in [1.54, 1.807) is 25.3 Å². The fourth-order valence-electron chi connectivity index (χ4n) is 2.16. The number of H-pyrrole nitrogens is 1. The van der Waals surface area contributed by atoms with E-state index in [0.29, 0.717) is 27.1 Å². The normalized spacial score (nSPS) is 12.8. The van der Waals surface area contributed by atoms with Gasteiger partial charge in [0.25, 0.3) is 5.56 Å². The SMILES string of the molecule is C[C@H](N)c1nc2c(Cl)ccc(Cl)c2c(=O)n1-c1cn[nH]c1. The Morgan fingerprint density at radius 2 is 2.05 bits per heavy atom. The van der Waals surface area contributed by atoms with Gasteiger partial charge < -0.3 is 5.73 Å². The van der Waals surface area contributed by atoms with E-state index in [4.69, 9.17) is 28.9 Å². The summed E-state index contributed by atoms with van der Waals surface area (Å²) in [4.78, 5) is 17.2. The van der Waals surface area contributed by atoms with E-state index in [1.807, 2.05) is 0 Å². The van der Waals surface area contributed by atoms with Gasteiger partial charge in [0.15, 0.2) is 0 Å². The van der Waals surface area contributed by atoms with E-state index in [1.165, 1.54) is 10.8 Å². The molecule has 0 amide bonds. The van der Waals surface area contributed by atoms with Crippen LogP contribution in [0, 0.1) is 0 Å². The first-order chi connectivity index (χ1) is 10.0. The molecule has 1 aromatic carbocycles. The van der Waals surface area contributed by atoms with Gasteiger partial charge >= 0.3 is 0 Å². The maximum absolute atomic E-state index is 12.8. The fourth-order valence-corrected chi connectivity index (χ4v) is 2.59. The molecule has 0 bridgehead atoms. The minimum atomic E-state index is -0.466. The number of rotatable bonds is 2. The summed E-state index contributed by atoms with van der Waals surface area (Å²) in [6, 6.07) is 2.71. The van der Waals surface area contributed by atoms with Gasteiger partial charge in [-0.05, 0) is 19.1 Å². The number of fused-ring (bicyclic) bond motifs is 1. The Morgan fingerprint density at radius 3 is 2.67 bits per heavy atom. The summed E-state index contributed by atoms with van der Waals surface area (Å²) in [7, 11) is 0. The Kier molecular flexibility index (Phi) is 3.44. The number of nitrogens with two attached hydrogens (primary N) is 1. The lowest BCUT2D eigenvalue weighted by molar-refractivity contribution is 0.696. The van der Waals surface area contributed by atoms with Crippen LogP contribution in [0.4, 0.5) is 0 Å². The van der Waals surface area contributed by atoms with Crippen molar-refractivity contribution in [3.05, 3.63) is 50.7 Å². The zero-order valence-electron chi connectivity index (χ0n) is 11.0. The van der Waals surface area contributed by atoms with Gasteiger partial charge in [0.1, 0.15) is 5.82 Å². The van der Waals surface area contributed by atoms with Crippen LogP contribution in [-0.4, -0.2) is 19.7 Å². The highest BCUT2D eigenvalue weighted by molar-refractivity contribution is 6.39. The highest BCUT2D eigenvalue weighted by atomic mass is 35.5. The monoisotopic (exact) mass is 323 g/mol. The second-order valence-electron chi connectivity index (χ2n) is 4.61. The van der Waals surface area contributed by atoms with Gasteiger partial charge in [-0.15, -0.1) is 0 Å². The Hall–Kier alpha value is -1.89. The van der Waals surface area contributed by atoms with Crippen LogP contribution in [0.2, 0.25) is 10.0 Å². The highest BCUT2D eigenvalue weighted by Gasteiger charge is 2.19. The molecule has 0 radical (unpaired) electrons. The first kappa shape index (κ1) is 14.1. The first-order valence-corrected chi connectivity index (χ1v) is 6.91. The van der Waals surface area contributed by atoms with Crippen molar-refractivity contribution < 1.29 is 0 Å². The Balaban J connectivity index is 2.52. The molecule has 2 heterocycles. The van der Waals surface area contributed by atoms with E-state index in [2.05, 4.69) is 15.2 Å². The summed E-state index contributed by atoms with van der Waals surface area (Å²) in [5.41, 5.74) is 6.50. The number of benzene rings is 1. The molecule has 0 aliphatic carbocycles. The lowest BCUT2D eigenvalue weighted by Gasteiger charge is -2.15. The van der Waals surface area contributed by atoms with E-state index in [9.17, 15) is 4.79 Å². The maximum atomic E-state index is 12.8. The van der Waals surface area contributed by atoms with Gasteiger partial charge in [-0.2, -0.15) is 5.10 Å².